The van der Waals surface area contributed by atoms with E-state index >= 15 is 0 Å². The zero-order chi connectivity index (χ0) is 11.4. The van der Waals surface area contributed by atoms with E-state index in [9.17, 15) is 0 Å². The van der Waals surface area contributed by atoms with Crippen molar-refractivity contribution in [3.63, 3.8) is 0 Å². The molecule has 1 saturated carbocycles. The maximum Gasteiger partial charge on any atom is 0.122 e. The largest absolute Gasteiger partial charge is 0.497 e. The molecule has 0 aromatic carbocycles. The molecule has 0 radical (unpaired) electrons. The lowest BCUT2D eigenvalue weighted by Crippen LogP contribution is -2.27. The Hall–Kier alpha value is -1.09. The molecule has 2 rings (SSSR count). The van der Waals surface area contributed by atoms with Gasteiger partial charge in [0.2, 0.25) is 0 Å². The molecule has 1 fully saturated rings. The molecule has 0 unspecified atom stereocenters. The van der Waals surface area contributed by atoms with Gasteiger partial charge in [0.15, 0.2) is 0 Å². The van der Waals surface area contributed by atoms with Gasteiger partial charge < -0.3 is 10.1 Å². The van der Waals surface area contributed by atoms with Gasteiger partial charge in [0, 0.05) is 24.4 Å². The zero-order valence-corrected chi connectivity index (χ0v) is 10.1. The Morgan fingerprint density at radius 2 is 2.25 bits per heavy atom. The van der Waals surface area contributed by atoms with Gasteiger partial charge in [0.05, 0.1) is 12.8 Å². The Bertz CT molecular complexity index is 348. The Labute approximate surface area is 97.2 Å². The second-order valence-electron chi connectivity index (χ2n) is 4.57. The summed E-state index contributed by atoms with van der Waals surface area (Å²) in [5.74, 6) is 1.79. The molecule has 1 heterocycles. The fourth-order valence-corrected chi connectivity index (χ4v) is 2.01. The average molecular weight is 220 g/mol. The minimum atomic E-state index is 0.842. The highest BCUT2D eigenvalue weighted by atomic mass is 16.5. The van der Waals surface area contributed by atoms with Crippen LogP contribution < -0.4 is 10.1 Å². The Balaban J connectivity index is 1.84. The van der Waals surface area contributed by atoms with E-state index < -0.39 is 0 Å². The molecule has 3 nitrogen and oxygen atoms in total. The van der Waals surface area contributed by atoms with Crippen molar-refractivity contribution in [3.05, 3.63) is 23.5 Å². The molecule has 1 aromatic heterocycles. The fourth-order valence-electron chi connectivity index (χ4n) is 2.01. The molecule has 0 aliphatic heterocycles. The number of aromatic nitrogens is 1. The molecule has 3 heteroatoms. The van der Waals surface area contributed by atoms with Crippen LogP contribution in [0.25, 0.3) is 0 Å². The first kappa shape index (κ1) is 11.4. The lowest BCUT2D eigenvalue weighted by atomic mass is 9.85. The average Bonchev–Trinajstić information content (AvgIpc) is 2.21. The van der Waals surface area contributed by atoms with Crippen LogP contribution in [0.1, 0.15) is 30.7 Å². The van der Waals surface area contributed by atoms with Gasteiger partial charge in [-0.2, -0.15) is 0 Å². The molecule has 0 spiro atoms. The highest BCUT2D eigenvalue weighted by Crippen LogP contribution is 2.25. The molecule has 1 aliphatic rings. The van der Waals surface area contributed by atoms with E-state index in [1.807, 2.05) is 19.1 Å². The number of nitrogens with zero attached hydrogens (tertiary/aromatic N) is 1. The van der Waals surface area contributed by atoms with Crippen molar-refractivity contribution in [1.82, 2.24) is 10.3 Å². The Morgan fingerprint density at radius 3 is 2.88 bits per heavy atom. The molecule has 0 saturated heterocycles. The number of rotatable bonds is 5. The lowest BCUT2D eigenvalue weighted by Gasteiger charge is -2.25. The summed E-state index contributed by atoms with van der Waals surface area (Å²) in [6.45, 7) is 3.96. The van der Waals surface area contributed by atoms with Crippen LogP contribution in [0.5, 0.6) is 5.75 Å². The summed E-state index contributed by atoms with van der Waals surface area (Å²) in [4.78, 5) is 4.48. The molecule has 1 N–H and O–H groups in total. The topological polar surface area (TPSA) is 34.1 Å². The maximum atomic E-state index is 5.23. The predicted octanol–water partition coefficient (Wildman–Crippen LogP) is 2.29. The first-order chi connectivity index (χ1) is 7.78. The first-order valence-corrected chi connectivity index (χ1v) is 6.00. The number of hydrogen-bond donors (Lipinski definition) is 1. The van der Waals surface area contributed by atoms with Crippen LogP contribution in [0.2, 0.25) is 0 Å². The van der Waals surface area contributed by atoms with E-state index in [4.69, 9.17) is 4.74 Å². The molecule has 0 atom stereocenters. The number of pyridine rings is 1. The third kappa shape index (κ3) is 2.95. The molecular formula is C13H20N2O. The quantitative estimate of drug-likeness (QED) is 0.826. The second kappa shape index (κ2) is 5.30. The Morgan fingerprint density at radius 1 is 1.44 bits per heavy atom. The smallest absolute Gasteiger partial charge is 0.122 e. The van der Waals surface area contributed by atoms with Gasteiger partial charge in [-0.05, 0) is 32.2 Å². The molecule has 0 bridgehead atoms. The van der Waals surface area contributed by atoms with Crippen LogP contribution in [-0.4, -0.2) is 18.6 Å². The number of ether oxygens (including phenoxy) is 1. The van der Waals surface area contributed by atoms with Gasteiger partial charge in [-0.15, -0.1) is 0 Å². The zero-order valence-electron chi connectivity index (χ0n) is 10.1. The van der Waals surface area contributed by atoms with E-state index in [0.717, 1.165) is 36.1 Å². The summed E-state index contributed by atoms with van der Waals surface area (Å²) >= 11 is 0. The van der Waals surface area contributed by atoms with Crippen LogP contribution >= 0.6 is 0 Å². The second-order valence-corrected chi connectivity index (χ2v) is 4.57. The summed E-state index contributed by atoms with van der Waals surface area (Å²) in [6, 6.07) is 3.95. The highest BCUT2D eigenvalue weighted by molar-refractivity contribution is 5.26. The lowest BCUT2D eigenvalue weighted by molar-refractivity contribution is 0.301. The van der Waals surface area contributed by atoms with Crippen molar-refractivity contribution in [1.29, 1.82) is 0 Å². The highest BCUT2D eigenvalue weighted by Gasteiger charge is 2.16. The maximum absolute atomic E-state index is 5.23. The minimum absolute atomic E-state index is 0.842. The van der Waals surface area contributed by atoms with Crippen molar-refractivity contribution in [3.8, 4) is 5.75 Å². The molecule has 1 aliphatic carbocycles. The van der Waals surface area contributed by atoms with Crippen molar-refractivity contribution in [2.45, 2.75) is 32.7 Å². The number of nitrogens with one attached hydrogen (secondary N) is 1. The van der Waals surface area contributed by atoms with Gasteiger partial charge in [-0.25, -0.2) is 0 Å². The summed E-state index contributed by atoms with van der Waals surface area (Å²) in [7, 11) is 1.69. The van der Waals surface area contributed by atoms with E-state index in [-0.39, 0.29) is 0 Å². The van der Waals surface area contributed by atoms with Gasteiger partial charge in [-0.1, -0.05) is 6.42 Å². The Kier molecular flexibility index (Phi) is 3.78. The molecule has 88 valence electrons. The number of methoxy groups -OCH3 is 1. The predicted molar refractivity (Wildman–Crippen MR) is 64.6 cm³/mol. The normalized spacial score (nSPS) is 15.9. The molecule has 1 aromatic rings. The third-order valence-corrected chi connectivity index (χ3v) is 3.18. The van der Waals surface area contributed by atoms with Crippen molar-refractivity contribution >= 4 is 0 Å². The van der Waals surface area contributed by atoms with E-state index in [0.29, 0.717) is 0 Å². The summed E-state index contributed by atoms with van der Waals surface area (Å²) in [6.07, 6.45) is 4.18. The number of hydrogen-bond acceptors (Lipinski definition) is 3. The van der Waals surface area contributed by atoms with Gasteiger partial charge in [0.1, 0.15) is 5.75 Å². The standard InChI is InChI=1S/C13H20N2O/c1-10-6-13(16-2)7-12(15-10)9-14-8-11-4-3-5-11/h6-7,11,14H,3-5,8-9H2,1-2H3. The summed E-state index contributed by atoms with van der Waals surface area (Å²) < 4.78 is 5.23. The van der Waals surface area contributed by atoms with Crippen molar-refractivity contribution < 1.29 is 4.74 Å². The summed E-state index contributed by atoms with van der Waals surface area (Å²) in [5, 5.41) is 3.46. The van der Waals surface area contributed by atoms with E-state index in [1.165, 1.54) is 19.3 Å². The first-order valence-electron chi connectivity index (χ1n) is 6.00. The fraction of sp³-hybridized carbons (Fsp3) is 0.615. The van der Waals surface area contributed by atoms with E-state index in [2.05, 4.69) is 10.3 Å². The molecule has 16 heavy (non-hydrogen) atoms. The van der Waals surface area contributed by atoms with Crippen LogP contribution in [0.15, 0.2) is 12.1 Å². The van der Waals surface area contributed by atoms with Crippen LogP contribution in [0, 0.1) is 12.8 Å². The van der Waals surface area contributed by atoms with Gasteiger partial charge >= 0.3 is 0 Å². The minimum Gasteiger partial charge on any atom is -0.497 e. The van der Waals surface area contributed by atoms with Crippen LogP contribution in [-0.2, 0) is 6.54 Å². The third-order valence-electron chi connectivity index (χ3n) is 3.18. The molecule has 0 amide bonds. The van der Waals surface area contributed by atoms with Gasteiger partial charge in [-0.3, -0.25) is 4.98 Å². The SMILES string of the molecule is COc1cc(C)nc(CNCC2CCC2)c1. The number of aryl methyl sites for hydroxylation is 1. The molecular weight excluding hydrogens is 200 g/mol. The van der Waals surface area contributed by atoms with Crippen molar-refractivity contribution in [2.24, 2.45) is 5.92 Å². The van der Waals surface area contributed by atoms with Crippen LogP contribution in [0.4, 0.5) is 0 Å². The summed E-state index contributed by atoms with van der Waals surface area (Å²) in [5.41, 5.74) is 2.08. The monoisotopic (exact) mass is 220 g/mol. The van der Waals surface area contributed by atoms with Crippen LogP contribution in [0.3, 0.4) is 0 Å². The van der Waals surface area contributed by atoms with Crippen molar-refractivity contribution in [2.75, 3.05) is 13.7 Å². The van der Waals surface area contributed by atoms with E-state index in [1.54, 1.807) is 7.11 Å². The van der Waals surface area contributed by atoms with Gasteiger partial charge in [0.25, 0.3) is 0 Å².